The normalized spacial score (nSPS) is 20.7. The molecule has 0 bridgehead atoms. The van der Waals surface area contributed by atoms with Gasteiger partial charge in [-0.3, -0.25) is 0 Å². The van der Waals surface area contributed by atoms with Crippen molar-refractivity contribution in [1.82, 2.24) is 4.90 Å². The fourth-order valence-electron chi connectivity index (χ4n) is 3.63. The zero-order chi connectivity index (χ0) is 14.1. The highest BCUT2D eigenvalue weighted by atomic mass is 16.3. The summed E-state index contributed by atoms with van der Waals surface area (Å²) < 4.78 is 0. The van der Waals surface area contributed by atoms with Crippen molar-refractivity contribution in [3.8, 4) is 0 Å². The van der Waals surface area contributed by atoms with E-state index in [1.54, 1.807) is 0 Å². The Bertz CT molecular complexity index is 221. The van der Waals surface area contributed by atoms with E-state index in [-0.39, 0.29) is 11.6 Å². The Morgan fingerprint density at radius 2 is 1.53 bits per heavy atom. The number of rotatable bonds is 9. The molecule has 1 N–H and O–H groups in total. The Morgan fingerprint density at radius 1 is 0.947 bits per heavy atom. The van der Waals surface area contributed by atoms with Crippen LogP contribution in [0.25, 0.3) is 0 Å². The minimum atomic E-state index is -0.131. The Balaban J connectivity index is 2.30. The first-order valence-electron chi connectivity index (χ1n) is 8.49. The van der Waals surface area contributed by atoms with Crippen molar-refractivity contribution in [2.45, 2.75) is 95.6 Å². The number of aliphatic hydroxyl groups excluding tert-OH is 1. The van der Waals surface area contributed by atoms with Gasteiger partial charge in [0.05, 0.1) is 6.10 Å². The molecule has 0 aromatic carbocycles. The van der Waals surface area contributed by atoms with Gasteiger partial charge in [0.25, 0.3) is 0 Å². The highest BCUT2D eigenvalue weighted by Crippen LogP contribution is 2.36. The largest absolute Gasteiger partial charge is 0.391 e. The average molecular weight is 269 g/mol. The Hall–Kier alpha value is -0.0800. The van der Waals surface area contributed by atoms with Gasteiger partial charge in [0.1, 0.15) is 0 Å². The number of hydrogen-bond acceptors (Lipinski definition) is 2. The Labute approximate surface area is 120 Å². The third-order valence-electron chi connectivity index (χ3n) is 5.06. The quantitative estimate of drug-likeness (QED) is 0.629. The van der Waals surface area contributed by atoms with E-state index in [2.05, 4.69) is 25.9 Å². The molecular weight excluding hydrogens is 234 g/mol. The molecule has 0 heterocycles. The van der Waals surface area contributed by atoms with E-state index in [1.165, 1.54) is 70.6 Å². The molecule has 0 saturated heterocycles. The molecule has 2 nitrogen and oxygen atoms in total. The van der Waals surface area contributed by atoms with E-state index in [0.717, 1.165) is 6.42 Å². The van der Waals surface area contributed by atoms with Crippen LogP contribution in [0.1, 0.15) is 84.0 Å². The van der Waals surface area contributed by atoms with Crippen molar-refractivity contribution >= 4 is 0 Å². The van der Waals surface area contributed by atoms with Crippen LogP contribution in [0.4, 0.5) is 0 Å². The second-order valence-corrected chi connectivity index (χ2v) is 6.63. The van der Waals surface area contributed by atoms with Crippen molar-refractivity contribution in [3.63, 3.8) is 0 Å². The number of likely N-dealkylation sites (N-methyl/N-ethyl adjacent to an activating group) is 1. The van der Waals surface area contributed by atoms with Crippen LogP contribution in [0, 0.1) is 0 Å². The van der Waals surface area contributed by atoms with Crippen molar-refractivity contribution in [3.05, 3.63) is 0 Å². The first-order chi connectivity index (χ1) is 9.13. The van der Waals surface area contributed by atoms with Crippen LogP contribution in [0.5, 0.6) is 0 Å². The molecule has 1 aliphatic carbocycles. The van der Waals surface area contributed by atoms with Gasteiger partial charge in [0.15, 0.2) is 0 Å². The summed E-state index contributed by atoms with van der Waals surface area (Å²) in [5.74, 6) is 0. The van der Waals surface area contributed by atoms with Crippen molar-refractivity contribution in [2.75, 3.05) is 14.1 Å². The summed E-state index contributed by atoms with van der Waals surface area (Å²) >= 11 is 0. The first-order valence-corrected chi connectivity index (χ1v) is 8.49. The summed E-state index contributed by atoms with van der Waals surface area (Å²) in [6.07, 6.45) is 15.0. The van der Waals surface area contributed by atoms with Crippen LogP contribution < -0.4 is 0 Å². The van der Waals surface area contributed by atoms with Gasteiger partial charge in [-0.05, 0) is 33.4 Å². The smallest absolute Gasteiger partial charge is 0.0723 e. The average Bonchev–Trinajstić information content (AvgIpc) is 2.43. The van der Waals surface area contributed by atoms with E-state index in [1.807, 2.05) is 0 Å². The summed E-state index contributed by atoms with van der Waals surface area (Å²) in [4.78, 5) is 2.30. The highest BCUT2D eigenvalue weighted by molar-refractivity contribution is 4.96. The lowest BCUT2D eigenvalue weighted by atomic mass is 9.75. The highest BCUT2D eigenvalue weighted by Gasteiger charge is 2.40. The number of hydrogen-bond donors (Lipinski definition) is 1. The van der Waals surface area contributed by atoms with Gasteiger partial charge in [0.2, 0.25) is 0 Å². The molecule has 1 aliphatic rings. The molecule has 1 rings (SSSR count). The summed E-state index contributed by atoms with van der Waals surface area (Å²) in [6.45, 7) is 2.26. The Kier molecular flexibility index (Phi) is 8.01. The molecule has 0 spiro atoms. The maximum absolute atomic E-state index is 10.7. The predicted molar refractivity (Wildman–Crippen MR) is 83.5 cm³/mol. The molecule has 114 valence electrons. The molecule has 1 unspecified atom stereocenters. The minimum Gasteiger partial charge on any atom is -0.391 e. The van der Waals surface area contributed by atoms with Crippen molar-refractivity contribution in [2.24, 2.45) is 0 Å². The van der Waals surface area contributed by atoms with Crippen molar-refractivity contribution in [1.29, 1.82) is 0 Å². The lowest BCUT2D eigenvalue weighted by molar-refractivity contribution is -0.0366. The molecule has 0 amide bonds. The predicted octanol–water partition coefficient (Wildman–Crippen LogP) is 4.36. The second kappa shape index (κ2) is 8.97. The van der Waals surface area contributed by atoms with Gasteiger partial charge in [0, 0.05) is 5.54 Å². The molecule has 0 aromatic heterocycles. The molecular formula is C17H35NO. The molecule has 2 heteroatoms. The summed E-state index contributed by atoms with van der Waals surface area (Å²) in [5.41, 5.74) is 0.0711. The van der Waals surface area contributed by atoms with Crippen LogP contribution in [-0.2, 0) is 0 Å². The minimum absolute atomic E-state index is 0.0711. The van der Waals surface area contributed by atoms with Crippen LogP contribution >= 0.6 is 0 Å². The maximum atomic E-state index is 10.7. The third kappa shape index (κ3) is 5.07. The van der Waals surface area contributed by atoms with Crippen LogP contribution in [0.15, 0.2) is 0 Å². The summed E-state index contributed by atoms with van der Waals surface area (Å²) in [7, 11) is 4.30. The molecule has 1 atom stereocenters. The summed E-state index contributed by atoms with van der Waals surface area (Å²) in [5, 5.41) is 10.7. The number of nitrogens with zero attached hydrogens (tertiary/aromatic N) is 1. The molecule has 1 saturated carbocycles. The van der Waals surface area contributed by atoms with Crippen molar-refractivity contribution < 1.29 is 5.11 Å². The van der Waals surface area contributed by atoms with Gasteiger partial charge in [-0.15, -0.1) is 0 Å². The number of aliphatic hydroxyl groups is 1. The van der Waals surface area contributed by atoms with E-state index >= 15 is 0 Å². The fourth-order valence-corrected chi connectivity index (χ4v) is 3.63. The van der Waals surface area contributed by atoms with Crippen LogP contribution in [-0.4, -0.2) is 35.7 Å². The van der Waals surface area contributed by atoms with Gasteiger partial charge in [-0.2, -0.15) is 0 Å². The van der Waals surface area contributed by atoms with Crippen LogP contribution in [0.2, 0.25) is 0 Å². The third-order valence-corrected chi connectivity index (χ3v) is 5.06. The molecule has 0 aromatic rings. The van der Waals surface area contributed by atoms with E-state index in [9.17, 15) is 5.11 Å². The maximum Gasteiger partial charge on any atom is 0.0723 e. The van der Waals surface area contributed by atoms with Crippen LogP contribution in [0.3, 0.4) is 0 Å². The monoisotopic (exact) mass is 269 g/mol. The van der Waals surface area contributed by atoms with E-state index in [0.29, 0.717) is 0 Å². The lowest BCUT2D eigenvalue weighted by Gasteiger charge is -2.46. The second-order valence-electron chi connectivity index (χ2n) is 6.63. The van der Waals surface area contributed by atoms with Gasteiger partial charge in [-0.25, -0.2) is 0 Å². The summed E-state index contributed by atoms with van der Waals surface area (Å²) in [6, 6.07) is 0. The topological polar surface area (TPSA) is 23.5 Å². The number of unbranched alkanes of at least 4 members (excludes halogenated alkanes) is 5. The van der Waals surface area contributed by atoms with Gasteiger partial charge in [-0.1, -0.05) is 64.7 Å². The van der Waals surface area contributed by atoms with E-state index < -0.39 is 0 Å². The van der Waals surface area contributed by atoms with Gasteiger partial charge >= 0.3 is 0 Å². The zero-order valence-corrected chi connectivity index (χ0v) is 13.5. The van der Waals surface area contributed by atoms with Gasteiger partial charge < -0.3 is 10.0 Å². The standard InChI is InChI=1S/C17H35NO/c1-4-5-6-7-8-10-13-16(19)17(18(2)3)14-11-9-12-15-17/h16,19H,4-15H2,1-3H3. The molecule has 19 heavy (non-hydrogen) atoms. The molecule has 0 aliphatic heterocycles. The fraction of sp³-hybridized carbons (Fsp3) is 1.00. The molecule has 1 fully saturated rings. The SMILES string of the molecule is CCCCCCCCC(O)C1(N(C)C)CCCCC1. The first kappa shape index (κ1) is 17.0. The zero-order valence-electron chi connectivity index (χ0n) is 13.5. The lowest BCUT2D eigenvalue weighted by Crippen LogP contribution is -2.54. The molecule has 0 radical (unpaired) electrons. The van der Waals surface area contributed by atoms with E-state index in [4.69, 9.17) is 0 Å². The Morgan fingerprint density at radius 3 is 2.11 bits per heavy atom.